The van der Waals surface area contributed by atoms with Crippen molar-refractivity contribution >= 4 is 21.9 Å². The van der Waals surface area contributed by atoms with E-state index in [9.17, 15) is 26.4 Å². The van der Waals surface area contributed by atoms with Gasteiger partial charge in [0.25, 0.3) is 5.91 Å². The average Bonchev–Trinajstić information content (AvgIpc) is 3.14. The van der Waals surface area contributed by atoms with Crippen LogP contribution in [-0.4, -0.2) is 55.0 Å². The molecular formula is C17H16F3N5O5S. The largest absolute Gasteiger partial charge is 0.573 e. The molecule has 14 heteroatoms. The SMILES string of the molecule is O=C(NO)c1cnc(N2CC3C(C2)C3NS(=O)(=O)c2ccc(OC(F)(F)F)cc2)nc1. The molecule has 31 heavy (non-hydrogen) atoms. The van der Waals surface area contributed by atoms with Crippen molar-refractivity contribution in [2.45, 2.75) is 17.3 Å². The average molecular weight is 459 g/mol. The number of hydrogen-bond donors (Lipinski definition) is 3. The number of nitrogens with one attached hydrogen (secondary N) is 2. The van der Waals surface area contributed by atoms with E-state index in [2.05, 4.69) is 19.4 Å². The summed E-state index contributed by atoms with van der Waals surface area (Å²) >= 11 is 0. The quantitative estimate of drug-likeness (QED) is 0.429. The number of ether oxygens (including phenoxy) is 1. The van der Waals surface area contributed by atoms with Crippen molar-refractivity contribution in [3.63, 3.8) is 0 Å². The van der Waals surface area contributed by atoms with E-state index in [4.69, 9.17) is 5.21 Å². The van der Waals surface area contributed by atoms with E-state index in [0.717, 1.165) is 24.3 Å². The molecule has 10 nitrogen and oxygen atoms in total. The number of nitrogens with zero attached hydrogens (tertiary/aromatic N) is 3. The van der Waals surface area contributed by atoms with Gasteiger partial charge in [-0.15, -0.1) is 13.2 Å². The molecule has 2 aliphatic rings. The molecule has 2 aromatic rings. The molecule has 2 heterocycles. The number of halogens is 3. The summed E-state index contributed by atoms with van der Waals surface area (Å²) in [5.41, 5.74) is 1.57. The summed E-state index contributed by atoms with van der Waals surface area (Å²) in [7, 11) is -3.90. The second-order valence-electron chi connectivity index (χ2n) is 7.11. The summed E-state index contributed by atoms with van der Waals surface area (Å²) < 4.78 is 68.0. The molecule has 1 saturated carbocycles. The van der Waals surface area contributed by atoms with Crippen molar-refractivity contribution in [3.8, 4) is 5.75 Å². The van der Waals surface area contributed by atoms with Gasteiger partial charge in [0.1, 0.15) is 5.75 Å². The van der Waals surface area contributed by atoms with Crippen molar-refractivity contribution in [2.75, 3.05) is 18.0 Å². The minimum absolute atomic E-state index is 0.0339. The number of carbonyl (C=O) groups excluding carboxylic acids is 1. The van der Waals surface area contributed by atoms with Gasteiger partial charge in [-0.25, -0.2) is 28.6 Å². The fourth-order valence-electron chi connectivity index (χ4n) is 3.60. The molecule has 3 N–H and O–H groups in total. The fraction of sp³-hybridized carbons (Fsp3) is 0.353. The number of amides is 1. The van der Waals surface area contributed by atoms with Gasteiger partial charge in [0, 0.05) is 31.5 Å². The Hall–Kier alpha value is -2.97. The predicted octanol–water partition coefficient (Wildman–Crippen LogP) is 0.907. The van der Waals surface area contributed by atoms with Gasteiger partial charge in [-0.1, -0.05) is 0 Å². The number of sulfonamides is 1. The highest BCUT2D eigenvalue weighted by Gasteiger charge is 2.57. The Kier molecular flexibility index (Phi) is 5.23. The molecular weight excluding hydrogens is 443 g/mol. The van der Waals surface area contributed by atoms with Gasteiger partial charge in [0.15, 0.2) is 0 Å². The van der Waals surface area contributed by atoms with Crippen molar-refractivity contribution in [3.05, 3.63) is 42.2 Å². The summed E-state index contributed by atoms with van der Waals surface area (Å²) in [4.78, 5) is 21.1. The Bertz CT molecular complexity index is 1070. The molecule has 2 fully saturated rings. The Morgan fingerprint density at radius 2 is 1.71 bits per heavy atom. The molecule has 0 bridgehead atoms. The third-order valence-electron chi connectivity index (χ3n) is 5.14. The van der Waals surface area contributed by atoms with Crippen molar-refractivity contribution < 1.29 is 36.3 Å². The highest BCUT2D eigenvalue weighted by atomic mass is 32.2. The van der Waals surface area contributed by atoms with Crippen LogP contribution in [0.3, 0.4) is 0 Å². The van der Waals surface area contributed by atoms with Crippen LogP contribution in [0.15, 0.2) is 41.6 Å². The summed E-state index contributed by atoms with van der Waals surface area (Å²) in [5.74, 6) is -0.794. The number of rotatable bonds is 6. The van der Waals surface area contributed by atoms with Crippen molar-refractivity contribution in [2.24, 2.45) is 11.8 Å². The first-order valence-electron chi connectivity index (χ1n) is 8.97. The Labute approximate surface area is 174 Å². The number of alkyl halides is 3. The number of hydroxylamine groups is 1. The van der Waals surface area contributed by atoms with Gasteiger partial charge in [0.2, 0.25) is 16.0 Å². The fourth-order valence-corrected chi connectivity index (χ4v) is 4.94. The van der Waals surface area contributed by atoms with Crippen LogP contribution in [0.1, 0.15) is 10.4 Å². The summed E-state index contributed by atoms with van der Waals surface area (Å²) in [6.45, 7) is 1.00. The standard InChI is InChI=1S/C17H16F3N5O5S/c18-17(19,20)30-10-1-3-11(4-2-10)31(28,29)24-14-12-7-25(8-13(12)14)16-21-5-9(6-22-16)15(26)23-27/h1-6,12-14,24,27H,7-8H2,(H,23,26). The van der Waals surface area contributed by atoms with Gasteiger partial charge >= 0.3 is 6.36 Å². The zero-order valence-electron chi connectivity index (χ0n) is 15.6. The Morgan fingerprint density at radius 3 is 2.23 bits per heavy atom. The number of hydrogen-bond acceptors (Lipinski definition) is 8. The van der Waals surface area contributed by atoms with Crippen LogP contribution >= 0.6 is 0 Å². The van der Waals surface area contributed by atoms with Gasteiger partial charge < -0.3 is 9.64 Å². The zero-order valence-corrected chi connectivity index (χ0v) is 16.4. The first kappa shape index (κ1) is 21.3. The first-order valence-corrected chi connectivity index (χ1v) is 10.5. The normalized spacial score (nSPS) is 22.7. The van der Waals surface area contributed by atoms with E-state index in [0.29, 0.717) is 19.0 Å². The van der Waals surface area contributed by atoms with Gasteiger partial charge in [0.05, 0.1) is 10.5 Å². The lowest BCUT2D eigenvalue weighted by molar-refractivity contribution is -0.274. The van der Waals surface area contributed by atoms with E-state index in [-0.39, 0.29) is 28.3 Å². The number of piperidine rings is 1. The van der Waals surface area contributed by atoms with Crippen molar-refractivity contribution in [1.82, 2.24) is 20.2 Å². The molecule has 2 atom stereocenters. The summed E-state index contributed by atoms with van der Waals surface area (Å²) in [5, 5.41) is 8.60. The lowest BCUT2D eigenvalue weighted by Gasteiger charge is -2.20. The molecule has 1 aliphatic heterocycles. The molecule has 1 aliphatic carbocycles. The number of carbonyl (C=O) groups is 1. The van der Waals surface area contributed by atoms with Crippen LogP contribution < -0.4 is 19.8 Å². The summed E-state index contributed by atoms with van der Waals surface area (Å²) in [6, 6.07) is 3.68. The molecule has 2 unspecified atom stereocenters. The maximum Gasteiger partial charge on any atom is 0.573 e. The molecule has 1 amide bonds. The maximum absolute atomic E-state index is 12.5. The Balaban J connectivity index is 1.34. The van der Waals surface area contributed by atoms with Crippen molar-refractivity contribution in [1.29, 1.82) is 0 Å². The molecule has 0 radical (unpaired) electrons. The highest BCUT2D eigenvalue weighted by molar-refractivity contribution is 7.89. The lowest BCUT2D eigenvalue weighted by atomic mass is 10.3. The monoisotopic (exact) mass is 459 g/mol. The molecule has 1 aromatic heterocycles. The van der Waals surface area contributed by atoms with Gasteiger partial charge in [-0.3, -0.25) is 10.0 Å². The van der Waals surface area contributed by atoms with Crippen LogP contribution in [0.4, 0.5) is 19.1 Å². The lowest BCUT2D eigenvalue weighted by Crippen LogP contribution is -2.35. The van der Waals surface area contributed by atoms with Crippen LogP contribution in [0.25, 0.3) is 0 Å². The van der Waals surface area contributed by atoms with Crippen LogP contribution in [0, 0.1) is 11.8 Å². The number of anilines is 1. The van der Waals surface area contributed by atoms with E-state index in [1.165, 1.54) is 17.9 Å². The highest BCUT2D eigenvalue weighted by Crippen LogP contribution is 2.46. The minimum Gasteiger partial charge on any atom is -0.406 e. The molecule has 166 valence electrons. The number of aromatic nitrogens is 2. The van der Waals surface area contributed by atoms with Gasteiger partial charge in [-0.2, -0.15) is 0 Å². The van der Waals surface area contributed by atoms with E-state index >= 15 is 0 Å². The smallest absolute Gasteiger partial charge is 0.406 e. The van der Waals surface area contributed by atoms with E-state index < -0.39 is 28.0 Å². The third kappa shape index (κ3) is 4.55. The topological polar surface area (TPSA) is 134 Å². The molecule has 4 rings (SSSR count). The zero-order chi connectivity index (χ0) is 22.4. The second-order valence-corrected chi connectivity index (χ2v) is 8.83. The van der Waals surface area contributed by atoms with E-state index in [1.54, 1.807) is 0 Å². The summed E-state index contributed by atoms with van der Waals surface area (Å²) in [6.07, 6.45) is -2.32. The number of benzene rings is 1. The molecule has 0 spiro atoms. The second kappa shape index (κ2) is 7.62. The Morgan fingerprint density at radius 1 is 1.13 bits per heavy atom. The van der Waals surface area contributed by atoms with Crippen LogP contribution in [-0.2, 0) is 10.0 Å². The predicted molar refractivity (Wildman–Crippen MR) is 97.7 cm³/mol. The van der Waals surface area contributed by atoms with E-state index in [1.807, 2.05) is 4.90 Å². The third-order valence-corrected chi connectivity index (χ3v) is 6.61. The van der Waals surface area contributed by atoms with Crippen LogP contribution in [0.2, 0.25) is 0 Å². The minimum atomic E-state index is -4.86. The number of fused-ring (bicyclic) bond motifs is 1. The van der Waals surface area contributed by atoms with Gasteiger partial charge in [-0.05, 0) is 36.1 Å². The molecule has 1 saturated heterocycles. The molecule has 1 aromatic carbocycles. The van der Waals surface area contributed by atoms with Crippen LogP contribution in [0.5, 0.6) is 5.75 Å². The maximum atomic E-state index is 12.5. The first-order chi connectivity index (χ1) is 14.6.